The topological polar surface area (TPSA) is 3.24 Å². The lowest BCUT2D eigenvalue weighted by molar-refractivity contribution is 1.30. The van der Waals surface area contributed by atoms with Crippen LogP contribution in [0.2, 0.25) is 0 Å². The van der Waals surface area contributed by atoms with Crippen LogP contribution in [0.3, 0.4) is 0 Å². The SMILES string of the molecule is c1ccc(-c2c3ccccc3c(-c3ccccc3)c3cc(-c4cccc5c(N(c6ccccc6)c6ccccc6)cccc45)ccc23)cc1. The first-order valence-electron chi connectivity index (χ1n) is 16.9. The number of rotatable bonds is 6. The zero-order valence-corrected chi connectivity index (χ0v) is 27.0. The quantitative estimate of drug-likeness (QED) is 0.167. The summed E-state index contributed by atoms with van der Waals surface area (Å²) in [5.41, 5.74) is 10.8. The molecule has 0 aliphatic heterocycles. The number of para-hydroxylation sites is 2. The molecule has 9 rings (SSSR count). The Morgan fingerprint density at radius 1 is 0.265 bits per heavy atom. The van der Waals surface area contributed by atoms with Gasteiger partial charge in [-0.15, -0.1) is 0 Å². The van der Waals surface area contributed by atoms with E-state index in [-0.39, 0.29) is 0 Å². The van der Waals surface area contributed by atoms with Gasteiger partial charge >= 0.3 is 0 Å². The fourth-order valence-corrected chi connectivity index (χ4v) is 7.50. The van der Waals surface area contributed by atoms with Gasteiger partial charge in [0, 0.05) is 16.8 Å². The molecule has 0 saturated heterocycles. The number of nitrogens with zero attached hydrogens (tertiary/aromatic N) is 1. The molecule has 0 radical (unpaired) electrons. The Morgan fingerprint density at radius 3 is 1.31 bits per heavy atom. The molecule has 0 saturated carbocycles. The van der Waals surface area contributed by atoms with E-state index in [9.17, 15) is 0 Å². The minimum Gasteiger partial charge on any atom is -0.310 e. The van der Waals surface area contributed by atoms with Gasteiger partial charge < -0.3 is 4.90 Å². The summed E-state index contributed by atoms with van der Waals surface area (Å²) in [5.74, 6) is 0. The predicted molar refractivity (Wildman–Crippen MR) is 210 cm³/mol. The molecule has 230 valence electrons. The van der Waals surface area contributed by atoms with E-state index in [0.29, 0.717) is 0 Å². The number of benzene rings is 9. The van der Waals surface area contributed by atoms with Crippen molar-refractivity contribution in [1.82, 2.24) is 0 Å². The van der Waals surface area contributed by atoms with Crippen LogP contribution in [0.5, 0.6) is 0 Å². The number of fused-ring (bicyclic) bond motifs is 3. The van der Waals surface area contributed by atoms with Crippen molar-refractivity contribution in [3.63, 3.8) is 0 Å². The highest BCUT2D eigenvalue weighted by molar-refractivity contribution is 6.22. The van der Waals surface area contributed by atoms with Gasteiger partial charge in [0.25, 0.3) is 0 Å². The van der Waals surface area contributed by atoms with Crippen molar-refractivity contribution in [3.05, 3.63) is 200 Å². The van der Waals surface area contributed by atoms with E-state index in [0.717, 1.165) is 17.1 Å². The van der Waals surface area contributed by atoms with Gasteiger partial charge in [-0.1, -0.05) is 164 Å². The molecule has 0 spiro atoms. The van der Waals surface area contributed by atoms with Gasteiger partial charge in [-0.25, -0.2) is 0 Å². The van der Waals surface area contributed by atoms with Crippen molar-refractivity contribution in [2.75, 3.05) is 4.90 Å². The molecule has 0 aliphatic carbocycles. The molecule has 0 N–H and O–H groups in total. The highest BCUT2D eigenvalue weighted by Crippen LogP contribution is 2.46. The van der Waals surface area contributed by atoms with E-state index >= 15 is 0 Å². The van der Waals surface area contributed by atoms with Crippen LogP contribution >= 0.6 is 0 Å². The van der Waals surface area contributed by atoms with Crippen LogP contribution in [-0.4, -0.2) is 0 Å². The zero-order chi connectivity index (χ0) is 32.6. The second kappa shape index (κ2) is 12.3. The summed E-state index contributed by atoms with van der Waals surface area (Å²) in [6.45, 7) is 0. The summed E-state index contributed by atoms with van der Waals surface area (Å²) in [5, 5.41) is 7.47. The lowest BCUT2D eigenvalue weighted by Crippen LogP contribution is -2.10. The van der Waals surface area contributed by atoms with E-state index in [1.54, 1.807) is 0 Å². The third-order valence-electron chi connectivity index (χ3n) is 9.63. The van der Waals surface area contributed by atoms with Gasteiger partial charge in [-0.3, -0.25) is 0 Å². The van der Waals surface area contributed by atoms with Crippen LogP contribution in [0.1, 0.15) is 0 Å². The van der Waals surface area contributed by atoms with Crippen molar-refractivity contribution < 1.29 is 0 Å². The zero-order valence-electron chi connectivity index (χ0n) is 27.0. The molecule has 0 unspecified atom stereocenters. The number of hydrogen-bond acceptors (Lipinski definition) is 1. The van der Waals surface area contributed by atoms with Crippen molar-refractivity contribution in [3.8, 4) is 33.4 Å². The molecule has 0 aromatic heterocycles. The molecule has 0 bridgehead atoms. The van der Waals surface area contributed by atoms with Crippen LogP contribution in [0, 0.1) is 0 Å². The summed E-state index contributed by atoms with van der Waals surface area (Å²) >= 11 is 0. The van der Waals surface area contributed by atoms with E-state index in [1.165, 1.54) is 65.7 Å². The molecule has 49 heavy (non-hydrogen) atoms. The third kappa shape index (κ3) is 5.04. The maximum atomic E-state index is 2.42. The first-order valence-corrected chi connectivity index (χ1v) is 16.9. The molecule has 0 amide bonds. The molecule has 9 aromatic rings. The Bertz CT molecular complexity index is 2530. The minimum absolute atomic E-state index is 1.13. The Hall–Kier alpha value is -6.44. The van der Waals surface area contributed by atoms with Crippen molar-refractivity contribution in [1.29, 1.82) is 0 Å². The molecule has 1 heteroatoms. The predicted octanol–water partition coefficient (Wildman–Crippen LogP) is 13.6. The average molecular weight is 624 g/mol. The minimum atomic E-state index is 1.13. The molecule has 0 atom stereocenters. The molecular formula is C48H33N. The monoisotopic (exact) mass is 623 g/mol. The standard InChI is InChI=1S/C48H33N/c1-5-17-34(18-6-1)47-42-25-13-14-26-43(42)48(35-19-7-2-8-20-35)45-33-36(31-32-44(45)47)39-27-15-29-41-40(39)28-16-30-46(41)49(37-21-9-3-10-22-37)38-23-11-4-12-24-38/h1-33H. The first-order chi connectivity index (χ1) is 24.3. The summed E-state index contributed by atoms with van der Waals surface area (Å²) in [4.78, 5) is 2.36. The largest absolute Gasteiger partial charge is 0.310 e. The normalized spacial score (nSPS) is 11.3. The summed E-state index contributed by atoms with van der Waals surface area (Å²) in [7, 11) is 0. The first kappa shape index (κ1) is 28.8. The van der Waals surface area contributed by atoms with Crippen LogP contribution in [0.25, 0.3) is 65.7 Å². The maximum Gasteiger partial charge on any atom is 0.0540 e. The van der Waals surface area contributed by atoms with Crippen LogP contribution in [-0.2, 0) is 0 Å². The van der Waals surface area contributed by atoms with E-state index in [2.05, 4.69) is 205 Å². The highest BCUT2D eigenvalue weighted by Gasteiger charge is 2.19. The van der Waals surface area contributed by atoms with Gasteiger partial charge in [0.05, 0.1) is 5.69 Å². The molecule has 1 nitrogen and oxygen atoms in total. The van der Waals surface area contributed by atoms with Gasteiger partial charge in [0.15, 0.2) is 0 Å². The van der Waals surface area contributed by atoms with E-state index in [1.807, 2.05) is 0 Å². The van der Waals surface area contributed by atoms with Gasteiger partial charge in [0.2, 0.25) is 0 Å². The van der Waals surface area contributed by atoms with Crippen LogP contribution in [0.4, 0.5) is 17.1 Å². The Kier molecular flexibility index (Phi) is 7.22. The fraction of sp³-hybridized carbons (Fsp3) is 0. The lowest BCUT2D eigenvalue weighted by Gasteiger charge is -2.27. The van der Waals surface area contributed by atoms with Gasteiger partial charge in [-0.2, -0.15) is 0 Å². The number of anilines is 3. The fourth-order valence-electron chi connectivity index (χ4n) is 7.50. The van der Waals surface area contributed by atoms with Gasteiger partial charge in [0.1, 0.15) is 0 Å². The summed E-state index contributed by atoms with van der Waals surface area (Å²) < 4.78 is 0. The second-order valence-corrected chi connectivity index (χ2v) is 12.5. The van der Waals surface area contributed by atoms with Crippen molar-refractivity contribution in [2.45, 2.75) is 0 Å². The molecular weight excluding hydrogens is 591 g/mol. The van der Waals surface area contributed by atoms with Crippen molar-refractivity contribution >= 4 is 49.4 Å². The maximum absolute atomic E-state index is 2.42. The Balaban J connectivity index is 1.32. The van der Waals surface area contributed by atoms with E-state index < -0.39 is 0 Å². The van der Waals surface area contributed by atoms with Crippen LogP contribution in [0.15, 0.2) is 200 Å². The Morgan fingerprint density at radius 2 is 0.714 bits per heavy atom. The molecule has 0 heterocycles. The van der Waals surface area contributed by atoms with Crippen LogP contribution < -0.4 is 4.90 Å². The summed E-state index contributed by atoms with van der Waals surface area (Å²) in [6.07, 6.45) is 0. The van der Waals surface area contributed by atoms with Gasteiger partial charge in [-0.05, 0) is 96.7 Å². The average Bonchev–Trinajstić information content (AvgIpc) is 3.18. The van der Waals surface area contributed by atoms with E-state index in [4.69, 9.17) is 0 Å². The second-order valence-electron chi connectivity index (χ2n) is 12.5. The molecule has 0 fully saturated rings. The Labute approximate surface area is 287 Å². The third-order valence-corrected chi connectivity index (χ3v) is 9.63. The van der Waals surface area contributed by atoms with Crippen molar-refractivity contribution in [2.24, 2.45) is 0 Å². The highest BCUT2D eigenvalue weighted by atomic mass is 15.1. The number of hydrogen-bond donors (Lipinski definition) is 0. The molecule has 0 aliphatic rings. The smallest absolute Gasteiger partial charge is 0.0540 e. The molecule has 9 aromatic carbocycles. The summed E-state index contributed by atoms with van der Waals surface area (Å²) in [6, 6.07) is 72.3. The lowest BCUT2D eigenvalue weighted by atomic mass is 9.84.